The van der Waals surface area contributed by atoms with Gasteiger partial charge >= 0.3 is 13.8 Å². The second-order valence-electron chi connectivity index (χ2n) is 5.97. The van der Waals surface area contributed by atoms with Crippen LogP contribution in [0.1, 0.15) is 51.9 Å². The Morgan fingerprint density at radius 1 is 1.29 bits per heavy atom. The molecule has 3 N–H and O–H groups in total. The third kappa shape index (κ3) is 10.4. The van der Waals surface area contributed by atoms with Gasteiger partial charge in [-0.05, 0) is 19.3 Å². The number of carbonyl (C=O) groups excluding carboxylic acids is 1. The van der Waals surface area contributed by atoms with Gasteiger partial charge < -0.3 is 20.1 Å². The number of unbranched alkanes of at least 4 members (excludes halogenated alkanes) is 2. The summed E-state index contributed by atoms with van der Waals surface area (Å²) in [6.45, 7) is 1.84. The van der Waals surface area contributed by atoms with Crippen molar-refractivity contribution in [3.63, 3.8) is 0 Å². The minimum absolute atomic E-state index is 0.0484. The van der Waals surface area contributed by atoms with Crippen LogP contribution in [0, 0.1) is 0 Å². The Kier molecular flexibility index (Phi) is 10.7. The molecule has 0 radical (unpaired) electrons. The van der Waals surface area contributed by atoms with E-state index in [-0.39, 0.29) is 13.2 Å². The van der Waals surface area contributed by atoms with E-state index in [2.05, 4.69) is 9.84 Å². The van der Waals surface area contributed by atoms with Crippen LogP contribution < -0.4 is 5.32 Å². The molecule has 2 unspecified atom stereocenters. The second-order valence-corrected chi connectivity index (χ2v) is 7.43. The summed E-state index contributed by atoms with van der Waals surface area (Å²) in [5, 5.41) is 12.8. The predicted octanol–water partition coefficient (Wildman–Crippen LogP) is 1.75. The molecule has 0 heterocycles. The number of esters is 1. The molecule has 9 heteroatoms. The summed E-state index contributed by atoms with van der Waals surface area (Å²) in [4.78, 5) is 20.9. The Balaban J connectivity index is 2.04. The molecule has 0 saturated heterocycles. The minimum atomic E-state index is -4.21. The van der Waals surface area contributed by atoms with E-state index in [0.717, 1.165) is 32.1 Å². The first-order chi connectivity index (χ1) is 11.4. The maximum absolute atomic E-state index is 11.6. The zero-order valence-corrected chi connectivity index (χ0v) is 15.2. The van der Waals surface area contributed by atoms with Crippen LogP contribution in [0.3, 0.4) is 0 Å². The molecule has 1 saturated carbocycles. The minimum Gasteiger partial charge on any atom is -0.463 e. The number of nitrogens with one attached hydrogen (secondary N) is 1. The number of ether oxygens (including phenoxy) is 1. The van der Waals surface area contributed by atoms with Gasteiger partial charge in [-0.25, -0.2) is 4.57 Å². The maximum atomic E-state index is 11.6. The van der Waals surface area contributed by atoms with Gasteiger partial charge in [-0.15, -0.1) is 0 Å². The lowest BCUT2D eigenvalue weighted by molar-refractivity contribution is -0.147. The van der Waals surface area contributed by atoms with Gasteiger partial charge in [-0.1, -0.05) is 26.2 Å². The van der Waals surface area contributed by atoms with Crippen molar-refractivity contribution in [2.45, 2.75) is 64.0 Å². The standard InChI is InChI=1S/C15H30NO7P/c1-2-3-4-8-15(18)21-11-14(17)12-23-24(19,20)22-10-9-16-13-6-5-7-13/h13-14,16-17H,2-12H2,1H3,(H,19,20). The first-order valence-corrected chi connectivity index (χ1v) is 10.1. The van der Waals surface area contributed by atoms with E-state index in [1.54, 1.807) is 0 Å². The highest BCUT2D eigenvalue weighted by Gasteiger charge is 2.23. The molecule has 0 spiro atoms. The van der Waals surface area contributed by atoms with Gasteiger partial charge in [0.1, 0.15) is 12.7 Å². The molecule has 0 aliphatic heterocycles. The van der Waals surface area contributed by atoms with E-state index in [0.29, 0.717) is 19.0 Å². The van der Waals surface area contributed by atoms with Crippen molar-refractivity contribution in [3.8, 4) is 0 Å². The topological polar surface area (TPSA) is 114 Å². The molecule has 1 aliphatic carbocycles. The lowest BCUT2D eigenvalue weighted by atomic mass is 9.93. The largest absolute Gasteiger partial charge is 0.472 e. The average Bonchev–Trinajstić information content (AvgIpc) is 2.49. The van der Waals surface area contributed by atoms with Crippen molar-refractivity contribution in [2.75, 3.05) is 26.4 Å². The predicted molar refractivity (Wildman–Crippen MR) is 88.5 cm³/mol. The summed E-state index contributed by atoms with van der Waals surface area (Å²) in [7, 11) is -4.21. The lowest BCUT2D eigenvalue weighted by Gasteiger charge is -2.26. The van der Waals surface area contributed by atoms with Crippen molar-refractivity contribution in [3.05, 3.63) is 0 Å². The Hall–Kier alpha value is -0.500. The average molecular weight is 367 g/mol. The molecule has 0 aromatic carbocycles. The Morgan fingerprint density at radius 2 is 2.04 bits per heavy atom. The van der Waals surface area contributed by atoms with Crippen LogP contribution in [0.25, 0.3) is 0 Å². The molecule has 0 amide bonds. The Morgan fingerprint density at radius 3 is 2.67 bits per heavy atom. The van der Waals surface area contributed by atoms with Crippen LogP contribution >= 0.6 is 7.82 Å². The Labute approximate surface area is 143 Å². The highest BCUT2D eigenvalue weighted by molar-refractivity contribution is 7.47. The third-order valence-electron chi connectivity index (χ3n) is 3.75. The highest BCUT2D eigenvalue weighted by Crippen LogP contribution is 2.42. The van der Waals surface area contributed by atoms with Crippen molar-refractivity contribution in [1.82, 2.24) is 5.32 Å². The molecule has 1 rings (SSSR count). The first-order valence-electron chi connectivity index (χ1n) is 8.62. The van der Waals surface area contributed by atoms with Gasteiger partial charge in [0, 0.05) is 19.0 Å². The number of rotatable bonds is 14. The number of aliphatic hydroxyl groups is 1. The fourth-order valence-electron chi connectivity index (χ4n) is 2.08. The summed E-state index contributed by atoms with van der Waals surface area (Å²) < 4.78 is 26.0. The fraction of sp³-hybridized carbons (Fsp3) is 0.933. The molecular formula is C15H30NO7P. The maximum Gasteiger partial charge on any atom is 0.472 e. The van der Waals surface area contributed by atoms with E-state index >= 15 is 0 Å². The van der Waals surface area contributed by atoms with Crippen molar-refractivity contribution < 1.29 is 33.1 Å². The summed E-state index contributed by atoms with van der Waals surface area (Å²) in [5.74, 6) is -0.395. The van der Waals surface area contributed by atoms with Gasteiger partial charge in [-0.2, -0.15) is 0 Å². The first kappa shape index (κ1) is 21.5. The van der Waals surface area contributed by atoms with Crippen molar-refractivity contribution >= 4 is 13.8 Å². The van der Waals surface area contributed by atoms with E-state index in [1.807, 2.05) is 6.92 Å². The Bertz CT molecular complexity index is 403. The molecule has 0 bridgehead atoms. The SMILES string of the molecule is CCCCCC(=O)OCC(O)COP(=O)(O)OCCNC1CCC1. The molecule has 2 atom stereocenters. The fourth-order valence-corrected chi connectivity index (χ4v) is 2.84. The van der Waals surface area contributed by atoms with Crippen LogP contribution in [-0.4, -0.2) is 54.5 Å². The van der Waals surface area contributed by atoms with Gasteiger partial charge in [0.15, 0.2) is 0 Å². The third-order valence-corrected chi connectivity index (χ3v) is 4.73. The van der Waals surface area contributed by atoms with Crippen molar-refractivity contribution in [1.29, 1.82) is 0 Å². The van der Waals surface area contributed by atoms with Gasteiger partial charge in [0.05, 0.1) is 13.2 Å². The summed E-state index contributed by atoms with van der Waals surface area (Å²) in [5.41, 5.74) is 0. The van der Waals surface area contributed by atoms with Crippen LogP contribution in [0.2, 0.25) is 0 Å². The number of carbonyl (C=O) groups is 1. The molecule has 8 nitrogen and oxygen atoms in total. The number of hydrogen-bond acceptors (Lipinski definition) is 7. The van der Waals surface area contributed by atoms with Crippen LogP contribution in [0.15, 0.2) is 0 Å². The van der Waals surface area contributed by atoms with E-state index < -0.39 is 26.5 Å². The number of aliphatic hydroxyl groups excluding tert-OH is 1. The highest BCUT2D eigenvalue weighted by atomic mass is 31.2. The monoisotopic (exact) mass is 367 g/mol. The van der Waals surface area contributed by atoms with Crippen LogP contribution in [0.4, 0.5) is 0 Å². The zero-order valence-electron chi connectivity index (χ0n) is 14.3. The number of phosphoric acid groups is 1. The van der Waals surface area contributed by atoms with Gasteiger partial charge in [0.25, 0.3) is 0 Å². The molecule has 1 aliphatic rings. The molecular weight excluding hydrogens is 337 g/mol. The van der Waals surface area contributed by atoms with E-state index in [9.17, 15) is 19.4 Å². The van der Waals surface area contributed by atoms with Gasteiger partial charge in [-0.3, -0.25) is 13.8 Å². The molecule has 1 fully saturated rings. The summed E-state index contributed by atoms with van der Waals surface area (Å²) in [6.07, 6.45) is 5.28. The normalized spacial score (nSPS) is 18.6. The molecule has 0 aromatic heterocycles. The second kappa shape index (κ2) is 12.0. The smallest absolute Gasteiger partial charge is 0.463 e. The van der Waals surface area contributed by atoms with E-state index in [4.69, 9.17) is 9.26 Å². The molecule has 24 heavy (non-hydrogen) atoms. The molecule has 142 valence electrons. The zero-order chi connectivity index (χ0) is 17.8. The lowest BCUT2D eigenvalue weighted by Crippen LogP contribution is -2.37. The number of phosphoric ester groups is 1. The quantitative estimate of drug-likeness (QED) is 0.242. The van der Waals surface area contributed by atoms with Crippen LogP contribution in [0.5, 0.6) is 0 Å². The van der Waals surface area contributed by atoms with Crippen LogP contribution in [-0.2, 0) is 23.1 Å². The summed E-state index contributed by atoms with van der Waals surface area (Å²) in [6, 6.07) is 0.474. The molecule has 0 aromatic rings. The van der Waals surface area contributed by atoms with Gasteiger partial charge in [0.2, 0.25) is 0 Å². The number of hydrogen-bond donors (Lipinski definition) is 3. The van der Waals surface area contributed by atoms with Crippen molar-refractivity contribution in [2.24, 2.45) is 0 Å². The van der Waals surface area contributed by atoms with E-state index in [1.165, 1.54) is 6.42 Å². The summed E-state index contributed by atoms with van der Waals surface area (Å²) >= 11 is 0.